The van der Waals surface area contributed by atoms with Gasteiger partial charge < -0.3 is 20.1 Å². The van der Waals surface area contributed by atoms with E-state index in [4.69, 9.17) is 4.74 Å². The van der Waals surface area contributed by atoms with Gasteiger partial charge in [-0.1, -0.05) is 0 Å². The van der Waals surface area contributed by atoms with Gasteiger partial charge in [0.2, 0.25) is 11.8 Å². The van der Waals surface area contributed by atoms with Crippen molar-refractivity contribution >= 4 is 11.8 Å². The average molecular weight is 590 g/mol. The molecular weight excluding hydrogens is 560 g/mol. The largest absolute Gasteiger partial charge is 0.481 e. The van der Waals surface area contributed by atoms with Crippen molar-refractivity contribution in [3.8, 4) is 17.1 Å². The van der Waals surface area contributed by atoms with E-state index in [9.17, 15) is 41.0 Å². The van der Waals surface area contributed by atoms with Crippen molar-refractivity contribution in [1.82, 2.24) is 25.4 Å². The summed E-state index contributed by atoms with van der Waals surface area (Å²) in [6.45, 7) is 0.249. The molecule has 5 rings (SSSR count). The van der Waals surface area contributed by atoms with Crippen LogP contribution in [0.4, 0.5) is 26.3 Å². The molecular formula is C26H29F6N5O4. The van der Waals surface area contributed by atoms with Crippen molar-refractivity contribution in [3.63, 3.8) is 0 Å². The normalized spacial score (nSPS) is 26.1. The predicted molar refractivity (Wildman–Crippen MR) is 130 cm³/mol. The molecule has 0 unspecified atom stereocenters. The Kier molecular flexibility index (Phi) is 7.23. The first-order valence-corrected chi connectivity index (χ1v) is 13.2. The van der Waals surface area contributed by atoms with E-state index in [2.05, 4.69) is 20.5 Å². The van der Waals surface area contributed by atoms with Crippen molar-refractivity contribution in [2.24, 2.45) is 5.92 Å². The number of pyridine rings is 1. The zero-order valence-corrected chi connectivity index (χ0v) is 22.0. The Bertz CT molecular complexity index is 1320. The molecule has 1 saturated heterocycles. The maximum Gasteiger partial charge on any atom is 0.456 e. The number of carbonyl (C=O) groups is 2. The molecule has 2 aromatic rings. The SMILES string of the molecule is COc1cc(-c2cc(C(=O)N3CC[C@H](C(=O)N[C@H]4CC[C@](O)(C(F)(F)C(F)(F)F)CC4)CC34CC4)n[nH]2)c(F)cn1. The molecule has 2 aliphatic carbocycles. The number of halogens is 6. The number of aromatic amines is 1. The van der Waals surface area contributed by atoms with Crippen LogP contribution in [0.25, 0.3) is 11.3 Å². The van der Waals surface area contributed by atoms with E-state index >= 15 is 0 Å². The molecule has 15 heteroatoms. The first-order chi connectivity index (χ1) is 19.2. The number of H-pyrrole nitrogens is 1. The van der Waals surface area contributed by atoms with Gasteiger partial charge >= 0.3 is 12.1 Å². The van der Waals surface area contributed by atoms with Crippen LogP contribution in [0.3, 0.4) is 0 Å². The molecule has 0 bridgehead atoms. The summed E-state index contributed by atoms with van der Waals surface area (Å²) in [5, 5.41) is 19.5. The average Bonchev–Trinajstić information content (AvgIpc) is 3.50. The van der Waals surface area contributed by atoms with Crippen molar-refractivity contribution in [2.45, 2.75) is 80.6 Å². The number of nitrogens with zero attached hydrogens (tertiary/aromatic N) is 3. The Labute approximate surface area is 230 Å². The lowest BCUT2D eigenvalue weighted by atomic mass is 9.77. The van der Waals surface area contributed by atoms with Crippen LogP contribution in [0.15, 0.2) is 18.3 Å². The first kappa shape index (κ1) is 29.1. The quantitative estimate of drug-likeness (QED) is 0.439. The maximum atomic E-state index is 14.3. The first-order valence-electron chi connectivity index (χ1n) is 13.2. The number of hydrogen-bond acceptors (Lipinski definition) is 6. The van der Waals surface area contributed by atoms with Crippen LogP contribution >= 0.6 is 0 Å². The fourth-order valence-corrected chi connectivity index (χ4v) is 5.93. The van der Waals surface area contributed by atoms with Gasteiger partial charge in [0, 0.05) is 35.7 Å². The van der Waals surface area contributed by atoms with E-state index in [1.54, 1.807) is 4.90 Å². The smallest absolute Gasteiger partial charge is 0.456 e. The third kappa shape index (κ3) is 5.24. The fourth-order valence-electron chi connectivity index (χ4n) is 5.93. The van der Waals surface area contributed by atoms with Gasteiger partial charge in [0.05, 0.1) is 19.0 Å². The molecule has 3 heterocycles. The molecule has 2 amide bonds. The van der Waals surface area contributed by atoms with Gasteiger partial charge in [0.15, 0.2) is 11.5 Å². The highest BCUT2D eigenvalue weighted by molar-refractivity contribution is 5.94. The van der Waals surface area contributed by atoms with Crippen molar-refractivity contribution < 1.29 is 45.8 Å². The number of carbonyl (C=O) groups excluding carboxylic acids is 2. The van der Waals surface area contributed by atoms with Crippen molar-refractivity contribution in [3.05, 3.63) is 29.8 Å². The monoisotopic (exact) mass is 589 g/mol. The summed E-state index contributed by atoms with van der Waals surface area (Å²) in [5.74, 6) is -6.90. The number of piperidine rings is 1. The lowest BCUT2D eigenvalue weighted by Gasteiger charge is -2.42. The Morgan fingerprint density at radius 1 is 1.12 bits per heavy atom. The molecule has 1 aliphatic heterocycles. The molecule has 0 aromatic carbocycles. The third-order valence-corrected chi connectivity index (χ3v) is 8.57. The summed E-state index contributed by atoms with van der Waals surface area (Å²) in [5.41, 5.74) is -3.29. The van der Waals surface area contributed by atoms with Crippen LogP contribution in [0, 0.1) is 11.7 Å². The summed E-state index contributed by atoms with van der Waals surface area (Å²) in [6.07, 6.45) is -4.91. The summed E-state index contributed by atoms with van der Waals surface area (Å²) in [4.78, 5) is 31.8. The zero-order valence-electron chi connectivity index (χ0n) is 22.0. The molecule has 224 valence electrons. The molecule has 1 spiro atoms. The predicted octanol–water partition coefficient (Wildman–Crippen LogP) is 3.99. The number of aromatic nitrogens is 3. The van der Waals surface area contributed by atoms with Crippen LogP contribution in [0.5, 0.6) is 5.88 Å². The number of alkyl halides is 5. The van der Waals surface area contributed by atoms with Crippen LogP contribution < -0.4 is 10.1 Å². The van der Waals surface area contributed by atoms with E-state index in [-0.39, 0.29) is 54.0 Å². The number of amides is 2. The van der Waals surface area contributed by atoms with Gasteiger partial charge in [-0.3, -0.25) is 14.7 Å². The number of rotatable bonds is 6. The highest BCUT2D eigenvalue weighted by Crippen LogP contribution is 2.51. The highest BCUT2D eigenvalue weighted by atomic mass is 19.4. The van der Waals surface area contributed by atoms with Crippen LogP contribution in [-0.4, -0.2) is 79.9 Å². The van der Waals surface area contributed by atoms with Crippen LogP contribution in [0.1, 0.15) is 61.9 Å². The number of likely N-dealkylation sites (tertiary alicyclic amines) is 1. The minimum absolute atomic E-state index is 0.0784. The number of aliphatic hydroxyl groups is 1. The van der Waals surface area contributed by atoms with E-state index in [1.165, 1.54) is 19.2 Å². The third-order valence-electron chi connectivity index (χ3n) is 8.57. The van der Waals surface area contributed by atoms with Crippen LogP contribution in [0.2, 0.25) is 0 Å². The zero-order chi connectivity index (χ0) is 29.8. The van der Waals surface area contributed by atoms with Gasteiger partial charge in [-0.05, 0) is 57.4 Å². The maximum absolute atomic E-state index is 14.3. The minimum Gasteiger partial charge on any atom is -0.481 e. The molecule has 0 radical (unpaired) electrons. The topological polar surface area (TPSA) is 120 Å². The minimum atomic E-state index is -5.87. The Hall–Kier alpha value is -3.36. The fraction of sp³-hybridized carbons (Fsp3) is 0.615. The van der Waals surface area contributed by atoms with Gasteiger partial charge in [0.1, 0.15) is 5.60 Å². The number of nitrogens with one attached hydrogen (secondary N) is 2. The van der Waals surface area contributed by atoms with Crippen molar-refractivity contribution in [1.29, 1.82) is 0 Å². The van der Waals surface area contributed by atoms with Gasteiger partial charge in [-0.25, -0.2) is 9.37 Å². The number of ether oxygens (including phenoxy) is 1. The lowest BCUT2D eigenvalue weighted by molar-refractivity contribution is -0.347. The molecule has 3 fully saturated rings. The van der Waals surface area contributed by atoms with Gasteiger partial charge in [0.25, 0.3) is 5.91 Å². The van der Waals surface area contributed by atoms with Gasteiger partial charge in [-0.15, -0.1) is 0 Å². The second kappa shape index (κ2) is 10.2. The molecule has 3 N–H and O–H groups in total. The Morgan fingerprint density at radius 3 is 2.41 bits per heavy atom. The highest BCUT2D eigenvalue weighted by Gasteiger charge is 2.69. The summed E-state index contributed by atoms with van der Waals surface area (Å²) < 4.78 is 85.3. The molecule has 41 heavy (non-hydrogen) atoms. The van der Waals surface area contributed by atoms with E-state index in [0.29, 0.717) is 25.7 Å². The second-order valence-corrected chi connectivity index (χ2v) is 11.1. The van der Waals surface area contributed by atoms with E-state index in [0.717, 1.165) is 6.20 Å². The van der Waals surface area contributed by atoms with E-state index in [1.807, 2.05) is 0 Å². The summed E-state index contributed by atoms with van der Waals surface area (Å²) in [7, 11) is 1.39. The molecule has 2 saturated carbocycles. The van der Waals surface area contributed by atoms with E-state index < -0.39 is 53.9 Å². The Balaban J connectivity index is 1.19. The second-order valence-electron chi connectivity index (χ2n) is 11.1. The molecule has 1 atom stereocenters. The molecule has 9 nitrogen and oxygen atoms in total. The summed E-state index contributed by atoms with van der Waals surface area (Å²) in [6, 6.07) is 2.16. The van der Waals surface area contributed by atoms with Crippen molar-refractivity contribution in [2.75, 3.05) is 13.7 Å². The molecule has 3 aliphatic rings. The lowest BCUT2D eigenvalue weighted by Crippen LogP contribution is -2.60. The van der Waals surface area contributed by atoms with Crippen LogP contribution in [-0.2, 0) is 4.79 Å². The molecule has 2 aromatic heterocycles. The summed E-state index contributed by atoms with van der Waals surface area (Å²) >= 11 is 0. The number of hydrogen-bond donors (Lipinski definition) is 3. The standard InChI is InChI=1S/C26H29F6N5O4/c1-41-20-10-16(17(27)13-33-20)18-11-19(36-35-18)22(39)37-9-4-14(12-23(37)7-8-23)21(38)34-15-2-5-24(40,6-3-15)25(28,29)26(30,31)32/h10-11,13-15,40H,2-9,12H2,1H3,(H,34,38)(H,35,36)/t14-,15-,24+/m0/s1. The Morgan fingerprint density at radius 2 is 1.80 bits per heavy atom. The van der Waals surface area contributed by atoms with Gasteiger partial charge in [-0.2, -0.15) is 27.1 Å². The number of methoxy groups -OCH3 is 1.